The lowest BCUT2D eigenvalue weighted by Gasteiger charge is -2.06. The van der Waals surface area contributed by atoms with E-state index in [-0.39, 0.29) is 22.8 Å². The molecule has 4 N–H and O–H groups in total. The maximum absolute atomic E-state index is 13.7. The Morgan fingerprint density at radius 1 is 0.815 bits per heavy atom. The van der Waals surface area contributed by atoms with Gasteiger partial charge in [-0.15, -0.1) is 0 Å². The highest BCUT2D eigenvalue weighted by molar-refractivity contribution is 5.82. The van der Waals surface area contributed by atoms with Crippen LogP contribution >= 0.6 is 0 Å². The molecule has 0 aliphatic carbocycles. The third-order valence-corrected chi connectivity index (χ3v) is 4.38. The molecule has 134 valence electrons. The van der Waals surface area contributed by atoms with Crippen molar-refractivity contribution in [3.05, 3.63) is 78.4 Å². The Labute approximate surface area is 153 Å². The Morgan fingerprint density at radius 2 is 1.41 bits per heavy atom. The second-order valence-corrected chi connectivity index (χ2v) is 6.11. The van der Waals surface area contributed by atoms with Crippen molar-refractivity contribution in [2.45, 2.75) is 0 Å². The summed E-state index contributed by atoms with van der Waals surface area (Å²) in [4.78, 5) is 0. The highest BCUT2D eigenvalue weighted by atomic mass is 19.1. The van der Waals surface area contributed by atoms with Crippen LogP contribution in [0, 0.1) is 11.6 Å². The first-order valence-electron chi connectivity index (χ1n) is 8.22. The van der Waals surface area contributed by atoms with Crippen molar-refractivity contribution in [3.63, 3.8) is 0 Å². The van der Waals surface area contributed by atoms with Crippen LogP contribution in [0.2, 0.25) is 0 Å². The van der Waals surface area contributed by atoms with E-state index in [9.17, 15) is 13.9 Å². The van der Waals surface area contributed by atoms with Crippen LogP contribution in [0.4, 0.5) is 14.5 Å². The molecule has 0 spiro atoms. The van der Waals surface area contributed by atoms with Crippen molar-refractivity contribution >= 4 is 5.69 Å². The monoisotopic (exact) mass is 363 g/mol. The van der Waals surface area contributed by atoms with Gasteiger partial charge in [-0.25, -0.2) is 8.78 Å². The summed E-state index contributed by atoms with van der Waals surface area (Å²) in [5.41, 5.74) is 9.50. The van der Waals surface area contributed by atoms with Crippen LogP contribution in [0.3, 0.4) is 0 Å². The standard InChI is InChI=1S/C21H15F2N3O/c22-15-7-5-13(6-8-15)12-1-3-14(4-2-12)17-11-18(26-25-17)20-19(27)10-9-16(23)21(20)24/h1-11,27H,24H2,(H,25,26). The number of phenolic OH excluding ortho intramolecular Hbond substituents is 1. The molecule has 4 rings (SSSR count). The minimum atomic E-state index is -0.615. The number of aromatic nitrogens is 2. The number of nitrogens with two attached hydrogens (primary N) is 1. The number of nitrogen functional groups attached to an aromatic ring is 1. The molecule has 27 heavy (non-hydrogen) atoms. The molecule has 0 fully saturated rings. The van der Waals surface area contributed by atoms with E-state index in [1.807, 2.05) is 24.3 Å². The molecule has 0 atom stereocenters. The Morgan fingerprint density at radius 3 is 2.07 bits per heavy atom. The Balaban J connectivity index is 1.66. The number of aromatic hydroxyl groups is 1. The third kappa shape index (κ3) is 3.13. The molecule has 6 heteroatoms. The summed E-state index contributed by atoms with van der Waals surface area (Å²) < 4.78 is 26.8. The van der Waals surface area contributed by atoms with Crippen LogP contribution < -0.4 is 5.73 Å². The van der Waals surface area contributed by atoms with Crippen LogP contribution in [0.15, 0.2) is 66.7 Å². The molecule has 3 aromatic carbocycles. The fourth-order valence-corrected chi connectivity index (χ4v) is 2.93. The van der Waals surface area contributed by atoms with Gasteiger partial charge in [0.25, 0.3) is 0 Å². The van der Waals surface area contributed by atoms with Gasteiger partial charge in [0.15, 0.2) is 0 Å². The quantitative estimate of drug-likeness (QED) is 0.450. The lowest BCUT2D eigenvalue weighted by molar-refractivity contribution is 0.475. The van der Waals surface area contributed by atoms with E-state index in [0.717, 1.165) is 22.8 Å². The molecule has 1 aromatic heterocycles. The van der Waals surface area contributed by atoms with E-state index >= 15 is 0 Å². The molecule has 0 aliphatic heterocycles. The molecular weight excluding hydrogens is 348 g/mol. The number of nitrogens with one attached hydrogen (secondary N) is 1. The first-order valence-corrected chi connectivity index (χ1v) is 8.22. The number of hydrogen-bond donors (Lipinski definition) is 3. The minimum Gasteiger partial charge on any atom is -0.507 e. The summed E-state index contributed by atoms with van der Waals surface area (Å²) in [5.74, 6) is -1.03. The first kappa shape index (κ1) is 16.8. The second-order valence-electron chi connectivity index (χ2n) is 6.11. The van der Waals surface area contributed by atoms with E-state index in [4.69, 9.17) is 5.73 Å². The van der Waals surface area contributed by atoms with Gasteiger partial charge >= 0.3 is 0 Å². The van der Waals surface area contributed by atoms with E-state index in [0.29, 0.717) is 11.4 Å². The zero-order chi connectivity index (χ0) is 19.0. The van der Waals surface area contributed by atoms with Gasteiger partial charge in [-0.2, -0.15) is 5.10 Å². The largest absolute Gasteiger partial charge is 0.507 e. The summed E-state index contributed by atoms with van der Waals surface area (Å²) in [6.45, 7) is 0. The zero-order valence-corrected chi connectivity index (χ0v) is 14.1. The maximum atomic E-state index is 13.7. The average molecular weight is 363 g/mol. The van der Waals surface area contributed by atoms with Crippen molar-refractivity contribution in [1.82, 2.24) is 10.2 Å². The highest BCUT2D eigenvalue weighted by Gasteiger charge is 2.16. The lowest BCUT2D eigenvalue weighted by atomic mass is 10.0. The molecule has 0 unspecified atom stereocenters. The minimum absolute atomic E-state index is 0.140. The third-order valence-electron chi connectivity index (χ3n) is 4.38. The van der Waals surface area contributed by atoms with Crippen molar-refractivity contribution in [3.8, 4) is 39.4 Å². The maximum Gasteiger partial charge on any atom is 0.147 e. The molecule has 0 bridgehead atoms. The van der Waals surface area contributed by atoms with Gasteiger partial charge in [0, 0.05) is 0 Å². The Bertz CT molecular complexity index is 1100. The predicted octanol–water partition coefficient (Wildman–Crippen LogP) is 4.98. The fourth-order valence-electron chi connectivity index (χ4n) is 2.93. The fraction of sp³-hybridized carbons (Fsp3) is 0. The predicted molar refractivity (Wildman–Crippen MR) is 101 cm³/mol. The number of nitrogens with zero attached hydrogens (tertiary/aromatic N) is 1. The second kappa shape index (κ2) is 6.57. The van der Waals surface area contributed by atoms with Crippen LogP contribution in [0.5, 0.6) is 5.75 Å². The molecule has 0 saturated carbocycles. The van der Waals surface area contributed by atoms with Gasteiger partial charge in [0.05, 0.1) is 22.6 Å². The van der Waals surface area contributed by atoms with E-state index in [2.05, 4.69) is 10.2 Å². The Kier molecular flexibility index (Phi) is 4.08. The number of aromatic amines is 1. The van der Waals surface area contributed by atoms with Crippen LogP contribution in [-0.2, 0) is 0 Å². The van der Waals surface area contributed by atoms with Crippen LogP contribution in [0.1, 0.15) is 0 Å². The zero-order valence-electron chi connectivity index (χ0n) is 14.1. The summed E-state index contributed by atoms with van der Waals surface area (Å²) in [6.07, 6.45) is 0. The molecule has 0 amide bonds. The van der Waals surface area contributed by atoms with Gasteiger partial charge in [0.2, 0.25) is 0 Å². The van der Waals surface area contributed by atoms with Crippen molar-refractivity contribution in [1.29, 1.82) is 0 Å². The number of anilines is 1. The molecule has 0 aliphatic rings. The SMILES string of the molecule is Nc1c(F)ccc(O)c1-c1cc(-c2ccc(-c3ccc(F)cc3)cc2)[nH]n1. The number of H-pyrrole nitrogens is 1. The number of rotatable bonds is 3. The molecule has 4 nitrogen and oxygen atoms in total. The highest BCUT2D eigenvalue weighted by Crippen LogP contribution is 2.36. The van der Waals surface area contributed by atoms with Crippen molar-refractivity contribution in [2.24, 2.45) is 0 Å². The number of hydrogen-bond acceptors (Lipinski definition) is 3. The van der Waals surface area contributed by atoms with Crippen LogP contribution in [0.25, 0.3) is 33.6 Å². The average Bonchev–Trinajstić information content (AvgIpc) is 3.16. The first-order chi connectivity index (χ1) is 13.0. The van der Waals surface area contributed by atoms with Gasteiger partial charge in [-0.3, -0.25) is 5.10 Å². The molecule has 0 radical (unpaired) electrons. The number of halogens is 2. The topological polar surface area (TPSA) is 74.9 Å². The van der Waals surface area contributed by atoms with Crippen molar-refractivity contribution < 1.29 is 13.9 Å². The number of phenols is 1. The summed E-state index contributed by atoms with van der Waals surface area (Å²) in [5, 5.41) is 17.0. The van der Waals surface area contributed by atoms with Crippen molar-refractivity contribution in [2.75, 3.05) is 5.73 Å². The van der Waals surface area contributed by atoms with Gasteiger partial charge in [0.1, 0.15) is 17.4 Å². The van der Waals surface area contributed by atoms with E-state index in [1.54, 1.807) is 18.2 Å². The summed E-state index contributed by atoms with van der Waals surface area (Å²) in [6, 6.07) is 17.9. The van der Waals surface area contributed by atoms with Crippen LogP contribution in [-0.4, -0.2) is 15.3 Å². The van der Waals surface area contributed by atoms with E-state index in [1.165, 1.54) is 18.2 Å². The van der Waals surface area contributed by atoms with E-state index < -0.39 is 5.82 Å². The smallest absolute Gasteiger partial charge is 0.147 e. The van der Waals surface area contributed by atoms with Gasteiger partial charge < -0.3 is 10.8 Å². The molecule has 1 heterocycles. The molecule has 0 saturated heterocycles. The van der Waals surface area contributed by atoms with Gasteiger partial charge in [-0.05, 0) is 47.0 Å². The Hall–Kier alpha value is -3.67. The normalized spacial score (nSPS) is 10.9. The summed E-state index contributed by atoms with van der Waals surface area (Å²) >= 11 is 0. The number of benzene rings is 3. The molecule has 4 aromatic rings. The lowest BCUT2D eigenvalue weighted by Crippen LogP contribution is -1.95. The molecular formula is C21H15F2N3O. The summed E-state index contributed by atoms with van der Waals surface area (Å²) in [7, 11) is 0. The van der Waals surface area contributed by atoms with Gasteiger partial charge in [-0.1, -0.05) is 36.4 Å².